The molecule has 37 heavy (non-hydrogen) atoms. The molecule has 1 nitrogen and oxygen atoms in total. The highest BCUT2D eigenvalue weighted by atomic mass is 14.7. The number of aromatic amines is 1. The fourth-order valence-corrected chi connectivity index (χ4v) is 5.99. The molecule has 8 aromatic rings. The highest BCUT2D eigenvalue weighted by molar-refractivity contribution is 6.25. The van der Waals surface area contributed by atoms with Crippen LogP contribution in [0.3, 0.4) is 0 Å². The number of H-pyrrole nitrogens is 1. The van der Waals surface area contributed by atoms with Gasteiger partial charge >= 0.3 is 0 Å². The largest absolute Gasteiger partial charge is 0.355 e. The molecule has 1 N–H and O–H groups in total. The lowest BCUT2D eigenvalue weighted by Gasteiger charge is -2.12. The van der Waals surface area contributed by atoms with Crippen LogP contribution in [-0.2, 0) is 0 Å². The van der Waals surface area contributed by atoms with Crippen molar-refractivity contribution in [1.29, 1.82) is 0 Å². The summed E-state index contributed by atoms with van der Waals surface area (Å²) in [6, 6.07) is 48.6. The summed E-state index contributed by atoms with van der Waals surface area (Å²) in [5.41, 5.74) is 7.29. The molecule has 172 valence electrons. The van der Waals surface area contributed by atoms with E-state index in [1.807, 2.05) is 0 Å². The number of benzene rings is 7. The molecule has 1 heterocycles. The summed E-state index contributed by atoms with van der Waals surface area (Å²) in [7, 11) is 0. The Morgan fingerprint density at radius 3 is 1.41 bits per heavy atom. The SMILES string of the molecule is c1cc(-c2ccc3[nH]c4ccccc4c3c2)cc(-c2ccc3c4ccccc4c4ccccc4c3c2)c1. The monoisotopic (exact) mass is 469 g/mol. The molecule has 0 fully saturated rings. The predicted molar refractivity (Wildman–Crippen MR) is 159 cm³/mol. The Bertz CT molecular complexity index is 2110. The van der Waals surface area contributed by atoms with Gasteiger partial charge in [0.05, 0.1) is 0 Å². The zero-order valence-electron chi connectivity index (χ0n) is 20.2. The van der Waals surface area contributed by atoms with Gasteiger partial charge in [0.1, 0.15) is 0 Å². The first kappa shape index (κ1) is 20.3. The molecule has 1 aromatic heterocycles. The molecule has 0 amide bonds. The van der Waals surface area contributed by atoms with Crippen molar-refractivity contribution in [1.82, 2.24) is 4.98 Å². The van der Waals surface area contributed by atoms with E-state index in [1.165, 1.54) is 76.4 Å². The van der Waals surface area contributed by atoms with Gasteiger partial charge in [0.25, 0.3) is 0 Å². The average Bonchev–Trinajstić information content (AvgIpc) is 3.35. The molecular weight excluding hydrogens is 446 g/mol. The van der Waals surface area contributed by atoms with Gasteiger partial charge in [0, 0.05) is 21.8 Å². The summed E-state index contributed by atoms with van der Waals surface area (Å²) in [6.45, 7) is 0. The highest BCUT2D eigenvalue weighted by Gasteiger charge is 2.11. The molecule has 0 aliphatic heterocycles. The molecule has 0 atom stereocenters. The first-order valence-corrected chi connectivity index (χ1v) is 12.8. The van der Waals surface area contributed by atoms with Crippen molar-refractivity contribution in [3.05, 3.63) is 133 Å². The second kappa shape index (κ2) is 7.81. The molecular formula is C36H23N. The zero-order chi connectivity index (χ0) is 24.3. The molecule has 0 radical (unpaired) electrons. The first-order valence-electron chi connectivity index (χ1n) is 12.8. The van der Waals surface area contributed by atoms with Crippen LogP contribution in [0.15, 0.2) is 133 Å². The Morgan fingerprint density at radius 1 is 0.270 bits per heavy atom. The predicted octanol–water partition coefficient (Wildman–Crippen LogP) is 10.1. The van der Waals surface area contributed by atoms with E-state index in [4.69, 9.17) is 0 Å². The number of para-hydroxylation sites is 1. The molecule has 1 heteroatoms. The number of fused-ring (bicyclic) bond motifs is 9. The first-order chi connectivity index (χ1) is 18.3. The Balaban J connectivity index is 1.31. The van der Waals surface area contributed by atoms with Gasteiger partial charge < -0.3 is 4.98 Å². The summed E-state index contributed by atoms with van der Waals surface area (Å²) in [5, 5.41) is 10.4. The normalized spacial score (nSPS) is 11.8. The van der Waals surface area contributed by atoms with Crippen LogP contribution in [-0.4, -0.2) is 4.98 Å². The Hall–Kier alpha value is -4.88. The summed E-state index contributed by atoms with van der Waals surface area (Å²) < 4.78 is 0. The van der Waals surface area contributed by atoms with Crippen molar-refractivity contribution < 1.29 is 0 Å². The van der Waals surface area contributed by atoms with Gasteiger partial charge in [0.15, 0.2) is 0 Å². The minimum absolute atomic E-state index is 1.18. The summed E-state index contributed by atoms with van der Waals surface area (Å²) in [5.74, 6) is 0. The third-order valence-electron chi connectivity index (χ3n) is 7.78. The van der Waals surface area contributed by atoms with E-state index in [-0.39, 0.29) is 0 Å². The third-order valence-corrected chi connectivity index (χ3v) is 7.78. The van der Waals surface area contributed by atoms with Crippen LogP contribution in [0.2, 0.25) is 0 Å². The van der Waals surface area contributed by atoms with E-state index in [1.54, 1.807) is 0 Å². The van der Waals surface area contributed by atoms with Gasteiger partial charge in [-0.2, -0.15) is 0 Å². The molecule has 0 aliphatic rings. The van der Waals surface area contributed by atoms with E-state index < -0.39 is 0 Å². The standard InChI is InChI=1S/C36H23N/c1-2-12-29-27(10-1)28-11-3-4-13-30(28)33-21-25(16-18-31(29)33)23-8-7-9-24(20-23)26-17-19-36-34(22-26)32-14-5-6-15-35(32)37-36/h1-22,37H. The fraction of sp³-hybridized carbons (Fsp3) is 0. The molecule has 0 saturated heterocycles. The van der Waals surface area contributed by atoms with Gasteiger partial charge in [-0.15, -0.1) is 0 Å². The second-order valence-electron chi connectivity index (χ2n) is 9.86. The van der Waals surface area contributed by atoms with Crippen LogP contribution in [0.5, 0.6) is 0 Å². The quantitative estimate of drug-likeness (QED) is 0.242. The van der Waals surface area contributed by atoms with Crippen molar-refractivity contribution in [3.63, 3.8) is 0 Å². The van der Waals surface area contributed by atoms with Gasteiger partial charge in [0.2, 0.25) is 0 Å². The number of rotatable bonds is 2. The van der Waals surface area contributed by atoms with Crippen molar-refractivity contribution in [2.75, 3.05) is 0 Å². The van der Waals surface area contributed by atoms with Crippen LogP contribution in [0.1, 0.15) is 0 Å². The lowest BCUT2D eigenvalue weighted by molar-refractivity contribution is 1.54. The molecule has 8 rings (SSSR count). The fourth-order valence-electron chi connectivity index (χ4n) is 5.99. The van der Waals surface area contributed by atoms with Gasteiger partial charge in [-0.1, -0.05) is 103 Å². The Kier molecular flexibility index (Phi) is 4.29. The smallest absolute Gasteiger partial charge is 0.0465 e. The average molecular weight is 470 g/mol. The summed E-state index contributed by atoms with van der Waals surface area (Å²) in [4.78, 5) is 3.54. The Labute approximate surface area is 214 Å². The molecule has 7 aromatic carbocycles. The Morgan fingerprint density at radius 2 is 0.730 bits per heavy atom. The minimum atomic E-state index is 1.18. The molecule has 0 spiro atoms. The van der Waals surface area contributed by atoms with Gasteiger partial charge in [-0.05, 0) is 84.9 Å². The summed E-state index contributed by atoms with van der Waals surface area (Å²) >= 11 is 0. The number of hydrogen-bond donors (Lipinski definition) is 1. The second-order valence-corrected chi connectivity index (χ2v) is 9.86. The summed E-state index contributed by atoms with van der Waals surface area (Å²) in [6.07, 6.45) is 0. The van der Waals surface area contributed by atoms with E-state index >= 15 is 0 Å². The highest BCUT2D eigenvalue weighted by Crippen LogP contribution is 2.38. The van der Waals surface area contributed by atoms with E-state index in [9.17, 15) is 0 Å². The molecule has 0 saturated carbocycles. The number of nitrogens with one attached hydrogen (secondary N) is 1. The van der Waals surface area contributed by atoms with Crippen LogP contribution in [0.25, 0.3) is 76.4 Å². The number of hydrogen-bond acceptors (Lipinski definition) is 0. The van der Waals surface area contributed by atoms with Crippen molar-refractivity contribution in [3.8, 4) is 22.3 Å². The van der Waals surface area contributed by atoms with Crippen molar-refractivity contribution in [2.45, 2.75) is 0 Å². The lowest BCUT2D eigenvalue weighted by Crippen LogP contribution is -1.86. The van der Waals surface area contributed by atoms with Crippen molar-refractivity contribution >= 4 is 54.1 Å². The molecule has 0 unspecified atom stereocenters. The topological polar surface area (TPSA) is 15.8 Å². The van der Waals surface area contributed by atoms with Crippen LogP contribution >= 0.6 is 0 Å². The maximum absolute atomic E-state index is 3.54. The lowest BCUT2D eigenvalue weighted by atomic mass is 9.91. The zero-order valence-corrected chi connectivity index (χ0v) is 20.2. The van der Waals surface area contributed by atoms with Crippen molar-refractivity contribution in [2.24, 2.45) is 0 Å². The van der Waals surface area contributed by atoms with E-state index in [2.05, 4.69) is 138 Å². The van der Waals surface area contributed by atoms with Crippen LogP contribution in [0, 0.1) is 0 Å². The maximum atomic E-state index is 3.54. The van der Waals surface area contributed by atoms with E-state index in [0.29, 0.717) is 0 Å². The third kappa shape index (κ3) is 3.11. The molecule has 0 aliphatic carbocycles. The van der Waals surface area contributed by atoms with Crippen LogP contribution in [0.4, 0.5) is 0 Å². The minimum Gasteiger partial charge on any atom is -0.355 e. The maximum Gasteiger partial charge on any atom is 0.0465 e. The van der Waals surface area contributed by atoms with Gasteiger partial charge in [-0.3, -0.25) is 0 Å². The van der Waals surface area contributed by atoms with Crippen LogP contribution < -0.4 is 0 Å². The molecule has 0 bridgehead atoms. The van der Waals surface area contributed by atoms with E-state index in [0.717, 1.165) is 0 Å². The number of aromatic nitrogens is 1. The van der Waals surface area contributed by atoms with Gasteiger partial charge in [-0.25, -0.2) is 0 Å².